The van der Waals surface area contributed by atoms with E-state index in [1.54, 1.807) is 0 Å². The van der Waals surface area contributed by atoms with Crippen LogP contribution in [0.5, 0.6) is 11.5 Å². The van der Waals surface area contributed by atoms with Crippen LogP contribution in [0.15, 0.2) is 34.1 Å². The van der Waals surface area contributed by atoms with Crippen LogP contribution in [0.25, 0.3) is 11.1 Å². The number of hydrogen-bond donors (Lipinski definition) is 0. The molecule has 0 unspecified atom stereocenters. The predicted octanol–water partition coefficient (Wildman–Crippen LogP) is 2.10. The molecule has 0 saturated carbocycles. The first-order valence-corrected chi connectivity index (χ1v) is 5.93. The molecule has 0 aliphatic carbocycles. The zero-order valence-electron chi connectivity index (χ0n) is 6.69. The van der Waals surface area contributed by atoms with Gasteiger partial charge in [0.1, 0.15) is 0 Å². The summed E-state index contributed by atoms with van der Waals surface area (Å²) in [6.07, 6.45) is 0. The number of hydrogen-bond acceptors (Lipinski definition) is 2. The second kappa shape index (κ2) is 2.66. The van der Waals surface area contributed by atoms with Gasteiger partial charge in [-0.15, -0.1) is 0 Å². The predicted molar refractivity (Wildman–Crippen MR) is 50.1 cm³/mol. The topological polar surface area (TPSA) is 18.5 Å². The number of fused-ring (bicyclic) bond motifs is 3. The van der Waals surface area contributed by atoms with Gasteiger partial charge in [0.25, 0.3) is 0 Å². The van der Waals surface area contributed by atoms with Gasteiger partial charge in [0, 0.05) is 0 Å². The van der Waals surface area contributed by atoms with Gasteiger partial charge in [-0.25, -0.2) is 0 Å². The van der Waals surface area contributed by atoms with Crippen molar-refractivity contribution in [1.82, 2.24) is 0 Å². The molecule has 1 aliphatic heterocycles. The summed E-state index contributed by atoms with van der Waals surface area (Å²) in [7, 11) is 0. The van der Waals surface area contributed by atoms with E-state index in [4.69, 9.17) is 9.78 Å². The molecule has 0 amide bonds. The molecule has 1 aliphatic rings. The third-order valence-corrected chi connectivity index (χ3v) is 3.54. The van der Waals surface area contributed by atoms with Crippen LogP contribution < -0.4 is 9.78 Å². The van der Waals surface area contributed by atoms with Crippen molar-refractivity contribution in [2.75, 3.05) is 0 Å². The Morgan fingerprint density at radius 3 is 2.69 bits per heavy atom. The standard InChI is InChI=1S/C10H6O2Se/c1-2-4-9-7(3-1)8-5-13-6-10(8)12-11-9/h1-6H. The van der Waals surface area contributed by atoms with E-state index in [9.17, 15) is 0 Å². The van der Waals surface area contributed by atoms with Gasteiger partial charge in [0.05, 0.1) is 0 Å². The fourth-order valence-electron chi connectivity index (χ4n) is 1.40. The van der Waals surface area contributed by atoms with Crippen LogP contribution in [0.4, 0.5) is 0 Å². The van der Waals surface area contributed by atoms with E-state index in [-0.39, 0.29) is 0 Å². The van der Waals surface area contributed by atoms with Crippen LogP contribution in [0.3, 0.4) is 0 Å². The third-order valence-electron chi connectivity index (χ3n) is 2.02. The molecule has 0 bridgehead atoms. The second-order valence-electron chi connectivity index (χ2n) is 2.81. The maximum absolute atomic E-state index is 5.14. The van der Waals surface area contributed by atoms with Crippen molar-refractivity contribution in [2.24, 2.45) is 0 Å². The van der Waals surface area contributed by atoms with Gasteiger partial charge < -0.3 is 0 Å². The average molecular weight is 237 g/mol. The van der Waals surface area contributed by atoms with Crippen LogP contribution >= 0.6 is 0 Å². The third kappa shape index (κ3) is 1.01. The molecule has 3 rings (SSSR count). The van der Waals surface area contributed by atoms with Gasteiger partial charge in [-0.05, 0) is 0 Å². The van der Waals surface area contributed by atoms with Gasteiger partial charge in [-0.1, -0.05) is 0 Å². The Morgan fingerprint density at radius 1 is 0.846 bits per heavy atom. The fraction of sp³-hybridized carbons (Fsp3) is 0. The van der Waals surface area contributed by atoms with E-state index in [1.165, 1.54) is 5.56 Å². The second-order valence-corrected chi connectivity index (χ2v) is 4.37. The zero-order chi connectivity index (χ0) is 8.67. The molecule has 2 heterocycles. The van der Waals surface area contributed by atoms with Crippen LogP contribution in [0, 0.1) is 0 Å². The van der Waals surface area contributed by atoms with Crippen LogP contribution in [0.2, 0.25) is 0 Å². The molecular weight excluding hydrogens is 231 g/mol. The van der Waals surface area contributed by atoms with Gasteiger partial charge in [0.15, 0.2) is 0 Å². The molecule has 0 radical (unpaired) electrons. The summed E-state index contributed by atoms with van der Waals surface area (Å²) in [5, 5.41) is 0. The molecule has 0 N–H and O–H groups in total. The van der Waals surface area contributed by atoms with Crippen LogP contribution in [0.1, 0.15) is 0 Å². The van der Waals surface area contributed by atoms with Crippen molar-refractivity contribution in [1.29, 1.82) is 0 Å². The van der Waals surface area contributed by atoms with E-state index < -0.39 is 0 Å². The molecule has 0 atom stereocenters. The van der Waals surface area contributed by atoms with E-state index in [2.05, 4.69) is 15.9 Å². The quantitative estimate of drug-likeness (QED) is 0.516. The summed E-state index contributed by atoms with van der Waals surface area (Å²) in [4.78, 5) is 14.6. The van der Waals surface area contributed by atoms with Gasteiger partial charge in [0.2, 0.25) is 0 Å². The molecule has 13 heavy (non-hydrogen) atoms. The SMILES string of the molecule is c1ccc2c(c1)OOc1c[se]cc1-2. The molecule has 1 aromatic heterocycles. The molecule has 2 aromatic rings. The molecule has 0 fully saturated rings. The summed E-state index contributed by atoms with van der Waals surface area (Å²) in [5.74, 6) is 1.68. The van der Waals surface area contributed by atoms with E-state index in [1.807, 2.05) is 18.2 Å². The molecule has 0 spiro atoms. The minimum atomic E-state index is 0.422. The Kier molecular flexibility index (Phi) is 1.48. The summed E-state index contributed by atoms with van der Waals surface area (Å²) in [6.45, 7) is 0. The molecule has 0 saturated heterocycles. The normalized spacial score (nSPS) is 12.3. The Balaban J connectivity index is 2.30. The maximum atomic E-state index is 5.14. The Bertz CT molecular complexity index is 448. The number of para-hydroxylation sites is 1. The average Bonchev–Trinajstić information content (AvgIpc) is 2.65. The van der Waals surface area contributed by atoms with E-state index >= 15 is 0 Å². The van der Waals surface area contributed by atoms with Gasteiger partial charge >= 0.3 is 81.1 Å². The van der Waals surface area contributed by atoms with Crippen LogP contribution in [-0.2, 0) is 0 Å². The summed E-state index contributed by atoms with van der Waals surface area (Å²) >= 11 is 0.422. The summed E-state index contributed by atoms with van der Waals surface area (Å²) in [6, 6.07) is 7.92. The van der Waals surface area contributed by atoms with Crippen LogP contribution in [-0.4, -0.2) is 14.5 Å². The first-order valence-electron chi connectivity index (χ1n) is 3.95. The molecule has 2 nitrogen and oxygen atoms in total. The summed E-state index contributed by atoms with van der Waals surface area (Å²) < 4.78 is 0. The Labute approximate surface area is 81.4 Å². The molecule has 1 aromatic carbocycles. The van der Waals surface area contributed by atoms with Crippen molar-refractivity contribution in [2.45, 2.75) is 0 Å². The Hall–Kier alpha value is -1.18. The Morgan fingerprint density at radius 2 is 1.69 bits per heavy atom. The summed E-state index contributed by atoms with van der Waals surface area (Å²) in [5.41, 5.74) is 2.32. The molecular formula is C10H6O2Se. The fourth-order valence-corrected chi connectivity index (χ4v) is 2.94. The van der Waals surface area contributed by atoms with Crippen molar-refractivity contribution in [3.8, 4) is 22.6 Å². The number of rotatable bonds is 0. The van der Waals surface area contributed by atoms with Gasteiger partial charge in [-0.3, -0.25) is 0 Å². The molecule has 64 valence electrons. The first-order chi connectivity index (χ1) is 6.45. The van der Waals surface area contributed by atoms with Crippen molar-refractivity contribution in [3.05, 3.63) is 34.1 Å². The van der Waals surface area contributed by atoms with Gasteiger partial charge in [-0.2, -0.15) is 0 Å². The minimum absolute atomic E-state index is 0.422. The monoisotopic (exact) mass is 238 g/mol. The zero-order valence-corrected chi connectivity index (χ0v) is 8.40. The molecule has 3 heteroatoms. The van der Waals surface area contributed by atoms with Crippen molar-refractivity contribution >= 4 is 14.5 Å². The van der Waals surface area contributed by atoms with E-state index in [0.29, 0.717) is 14.5 Å². The number of benzene rings is 1. The van der Waals surface area contributed by atoms with E-state index in [0.717, 1.165) is 17.1 Å². The van der Waals surface area contributed by atoms with Crippen molar-refractivity contribution < 1.29 is 9.78 Å². The van der Waals surface area contributed by atoms with Crippen molar-refractivity contribution in [3.63, 3.8) is 0 Å². The first kappa shape index (κ1) is 7.24.